The van der Waals surface area contributed by atoms with Gasteiger partial charge in [-0.15, -0.1) is 0 Å². The minimum atomic E-state index is -1.32. The van der Waals surface area contributed by atoms with Crippen LogP contribution in [-0.2, 0) is 14.3 Å². The Balaban J connectivity index is 1.59. The fourth-order valence-corrected chi connectivity index (χ4v) is 3.16. The van der Waals surface area contributed by atoms with Crippen molar-refractivity contribution in [2.24, 2.45) is 5.73 Å². The second-order valence-corrected chi connectivity index (χ2v) is 6.35. The second-order valence-electron chi connectivity index (χ2n) is 6.35. The molecule has 0 saturated carbocycles. The van der Waals surface area contributed by atoms with Crippen LogP contribution in [0.15, 0.2) is 24.3 Å². The summed E-state index contributed by atoms with van der Waals surface area (Å²) in [6.07, 6.45) is -2.45. The van der Waals surface area contributed by atoms with E-state index < -0.39 is 24.5 Å². The van der Waals surface area contributed by atoms with Gasteiger partial charge in [0.2, 0.25) is 0 Å². The number of carbonyl (C=O) groups is 3. The van der Waals surface area contributed by atoms with Gasteiger partial charge in [0.1, 0.15) is 11.9 Å². The van der Waals surface area contributed by atoms with Crippen LogP contribution in [0.1, 0.15) is 18.4 Å². The molecule has 2 aliphatic heterocycles. The predicted octanol–water partition coefficient (Wildman–Crippen LogP) is 0.981. The molecule has 2 amide bonds. The summed E-state index contributed by atoms with van der Waals surface area (Å²) in [6, 6.07) is 6.51. The van der Waals surface area contributed by atoms with Crippen LogP contribution in [0.25, 0.3) is 0 Å². The van der Waals surface area contributed by atoms with Gasteiger partial charge >= 0.3 is 12.2 Å². The molecule has 27 heavy (non-hydrogen) atoms. The van der Waals surface area contributed by atoms with Crippen LogP contribution in [0.2, 0.25) is 0 Å². The number of ether oxygens (including phenoxy) is 2. The lowest BCUT2D eigenvalue weighted by Crippen LogP contribution is -2.46. The number of nitrogens with zero attached hydrogens (tertiary/aromatic N) is 2. The summed E-state index contributed by atoms with van der Waals surface area (Å²) in [5.41, 5.74) is 6.49. The topological polar surface area (TPSA) is 146 Å². The molecule has 2 aliphatic rings. The van der Waals surface area contributed by atoms with Gasteiger partial charge in [-0.2, -0.15) is 0 Å². The third-order valence-corrected chi connectivity index (χ3v) is 4.60. The Morgan fingerprint density at radius 3 is 2.41 bits per heavy atom. The molecule has 2 saturated heterocycles. The van der Waals surface area contributed by atoms with Gasteiger partial charge in [-0.1, -0.05) is 0 Å². The third-order valence-electron chi connectivity index (χ3n) is 4.60. The van der Waals surface area contributed by atoms with E-state index in [1.54, 1.807) is 29.2 Å². The zero-order chi connectivity index (χ0) is 19.6. The first-order valence-electron chi connectivity index (χ1n) is 8.46. The average Bonchev–Trinajstić information content (AvgIpc) is 3.03. The molecule has 2 fully saturated rings. The van der Waals surface area contributed by atoms with Crippen molar-refractivity contribution >= 4 is 29.7 Å². The molecule has 1 aromatic rings. The van der Waals surface area contributed by atoms with Crippen molar-refractivity contribution in [3.05, 3.63) is 29.8 Å². The van der Waals surface area contributed by atoms with Crippen molar-refractivity contribution in [2.75, 3.05) is 24.5 Å². The molecule has 1 atom stereocenters. The van der Waals surface area contributed by atoms with Gasteiger partial charge in [0.25, 0.3) is 5.91 Å². The number of piperidine rings is 1. The third kappa shape index (κ3) is 4.10. The Morgan fingerprint density at radius 2 is 1.85 bits per heavy atom. The highest BCUT2D eigenvalue weighted by Gasteiger charge is 2.40. The highest BCUT2D eigenvalue weighted by Crippen LogP contribution is 2.24. The van der Waals surface area contributed by atoms with E-state index in [-0.39, 0.29) is 18.3 Å². The van der Waals surface area contributed by atoms with E-state index in [1.807, 2.05) is 0 Å². The first kappa shape index (κ1) is 18.5. The van der Waals surface area contributed by atoms with Crippen LogP contribution < -0.4 is 10.6 Å². The molecule has 0 aromatic heterocycles. The molecule has 1 unspecified atom stereocenters. The molecule has 10 nitrogen and oxygen atoms in total. The minimum Gasteiger partial charge on any atom is -0.450 e. The lowest BCUT2D eigenvalue weighted by molar-refractivity contribution is -0.140. The van der Waals surface area contributed by atoms with Gasteiger partial charge in [-0.25, -0.2) is 9.59 Å². The fourth-order valence-electron chi connectivity index (χ4n) is 3.16. The molecule has 0 spiro atoms. The van der Waals surface area contributed by atoms with Crippen LogP contribution in [0.3, 0.4) is 0 Å². The van der Waals surface area contributed by atoms with Gasteiger partial charge in [0, 0.05) is 37.2 Å². The van der Waals surface area contributed by atoms with Crippen LogP contribution in [0.5, 0.6) is 0 Å². The highest BCUT2D eigenvalue weighted by molar-refractivity contribution is 5.97. The SMILES string of the molecule is N=C(N)c1ccc(N2CC(C(=O)N3CCC(OC(=O)O)CC3)OC2=O)cc1. The Morgan fingerprint density at radius 1 is 1.22 bits per heavy atom. The Hall–Kier alpha value is -3.30. The summed E-state index contributed by atoms with van der Waals surface area (Å²) in [5, 5.41) is 16.0. The van der Waals surface area contributed by atoms with Crippen molar-refractivity contribution < 1.29 is 29.0 Å². The smallest absolute Gasteiger partial charge is 0.450 e. The molecule has 144 valence electrons. The zero-order valence-electron chi connectivity index (χ0n) is 14.5. The number of hydrogen-bond acceptors (Lipinski definition) is 6. The summed E-state index contributed by atoms with van der Waals surface area (Å²) in [4.78, 5) is 38.2. The van der Waals surface area contributed by atoms with E-state index in [4.69, 9.17) is 25.7 Å². The van der Waals surface area contributed by atoms with Gasteiger partial charge in [-0.3, -0.25) is 15.1 Å². The van der Waals surface area contributed by atoms with E-state index in [2.05, 4.69) is 0 Å². The molecule has 4 N–H and O–H groups in total. The number of anilines is 1. The molecule has 2 heterocycles. The first-order valence-corrected chi connectivity index (χ1v) is 8.46. The number of hydrogen-bond donors (Lipinski definition) is 3. The summed E-state index contributed by atoms with van der Waals surface area (Å²) < 4.78 is 9.94. The first-order chi connectivity index (χ1) is 12.8. The standard InChI is InChI=1S/C17H20N4O6/c18-14(19)10-1-3-11(4-2-10)21-9-13(27-16(21)23)15(22)20-7-5-12(6-8-20)26-17(24)25/h1-4,12-13H,5-9H2,(H3,18,19)(H,24,25). The largest absolute Gasteiger partial charge is 0.506 e. The lowest BCUT2D eigenvalue weighted by Gasteiger charge is -2.32. The Bertz CT molecular complexity index is 757. The van der Waals surface area contributed by atoms with E-state index in [9.17, 15) is 14.4 Å². The van der Waals surface area contributed by atoms with Crippen LogP contribution in [0, 0.1) is 5.41 Å². The summed E-state index contributed by atoms with van der Waals surface area (Å²) in [6.45, 7) is 0.777. The maximum absolute atomic E-state index is 12.6. The van der Waals surface area contributed by atoms with E-state index in [1.165, 1.54) is 4.90 Å². The van der Waals surface area contributed by atoms with Crippen LogP contribution in [0.4, 0.5) is 15.3 Å². The minimum absolute atomic E-state index is 0.0751. The van der Waals surface area contributed by atoms with E-state index in [0.29, 0.717) is 37.2 Å². The number of carboxylic acid groups (broad SMARTS) is 1. The number of nitrogen functional groups attached to an aromatic ring is 1. The fraction of sp³-hybridized carbons (Fsp3) is 0.412. The Kier molecular flexibility index (Phi) is 5.15. The molecule has 0 radical (unpaired) electrons. The number of likely N-dealkylation sites (tertiary alicyclic amines) is 1. The van der Waals surface area contributed by atoms with Crippen molar-refractivity contribution in [1.29, 1.82) is 5.41 Å². The molecule has 0 aliphatic carbocycles. The number of cyclic esters (lactones) is 1. The van der Waals surface area contributed by atoms with Crippen molar-refractivity contribution in [2.45, 2.75) is 25.0 Å². The number of nitrogens with two attached hydrogens (primary N) is 1. The number of rotatable bonds is 4. The summed E-state index contributed by atoms with van der Waals surface area (Å²) in [5.74, 6) is -0.381. The van der Waals surface area contributed by atoms with Gasteiger partial charge < -0.3 is 25.2 Å². The normalized spacial score (nSPS) is 20.3. The van der Waals surface area contributed by atoms with Gasteiger partial charge in [0.15, 0.2) is 6.10 Å². The van der Waals surface area contributed by atoms with Crippen LogP contribution in [-0.4, -0.2) is 65.8 Å². The second kappa shape index (κ2) is 7.52. The van der Waals surface area contributed by atoms with Crippen molar-refractivity contribution in [3.8, 4) is 0 Å². The maximum Gasteiger partial charge on any atom is 0.506 e. The monoisotopic (exact) mass is 376 g/mol. The molecular formula is C17H20N4O6. The number of amidine groups is 1. The summed E-state index contributed by atoms with van der Waals surface area (Å²) >= 11 is 0. The number of nitrogens with one attached hydrogen (secondary N) is 1. The molecule has 10 heteroatoms. The van der Waals surface area contributed by atoms with Gasteiger partial charge in [-0.05, 0) is 24.3 Å². The van der Waals surface area contributed by atoms with Crippen molar-refractivity contribution in [3.63, 3.8) is 0 Å². The Labute approximate surface area is 154 Å². The zero-order valence-corrected chi connectivity index (χ0v) is 14.5. The molecule has 0 bridgehead atoms. The maximum atomic E-state index is 12.6. The molecule has 1 aromatic carbocycles. The molecule has 3 rings (SSSR count). The van der Waals surface area contributed by atoms with E-state index >= 15 is 0 Å². The predicted molar refractivity (Wildman–Crippen MR) is 93.8 cm³/mol. The van der Waals surface area contributed by atoms with Crippen molar-refractivity contribution in [1.82, 2.24) is 4.90 Å². The number of amides is 2. The van der Waals surface area contributed by atoms with Crippen LogP contribution >= 0.6 is 0 Å². The average molecular weight is 376 g/mol. The highest BCUT2D eigenvalue weighted by atomic mass is 16.7. The number of carbonyl (C=O) groups excluding carboxylic acids is 2. The lowest BCUT2D eigenvalue weighted by atomic mass is 10.1. The van der Waals surface area contributed by atoms with Gasteiger partial charge in [0.05, 0.1) is 6.54 Å². The quantitative estimate of drug-likeness (QED) is 0.403. The van der Waals surface area contributed by atoms with E-state index in [0.717, 1.165) is 0 Å². The summed E-state index contributed by atoms with van der Waals surface area (Å²) in [7, 11) is 0. The number of benzene rings is 1. The molecular weight excluding hydrogens is 356 g/mol.